The zero-order chi connectivity index (χ0) is 16.7. The molecule has 0 radical (unpaired) electrons. The van der Waals surface area contributed by atoms with Gasteiger partial charge in [0.2, 0.25) is 11.8 Å². The topological polar surface area (TPSA) is 86.7 Å². The molecule has 1 aliphatic heterocycles. The molecule has 1 fully saturated rings. The number of rotatable bonds is 9. The Hall–Kier alpha value is -1.59. The number of carboxylic acid groups (broad SMARTS) is 1. The van der Waals surface area contributed by atoms with Gasteiger partial charge in [0.05, 0.1) is 5.92 Å². The van der Waals surface area contributed by atoms with Crippen LogP contribution in [0.4, 0.5) is 0 Å². The number of likely N-dealkylation sites (tertiary alicyclic amines) is 1. The fourth-order valence-corrected chi connectivity index (χ4v) is 2.86. The second-order valence-corrected chi connectivity index (χ2v) is 6.13. The van der Waals surface area contributed by atoms with Gasteiger partial charge in [-0.1, -0.05) is 33.1 Å². The standard InChI is InChI=1S/C16H28N2O4/c1-4-6-8-13(16(21)22)17-15(20)12-9-14(19)18(10-12)11(3)7-5-2/h11-13H,4-10H2,1-3H3,(H,17,20)(H,21,22). The molecular weight excluding hydrogens is 284 g/mol. The molecule has 0 saturated carbocycles. The maximum absolute atomic E-state index is 12.2. The van der Waals surface area contributed by atoms with Gasteiger partial charge in [-0.05, 0) is 19.8 Å². The Kier molecular flexibility index (Phi) is 7.35. The summed E-state index contributed by atoms with van der Waals surface area (Å²) >= 11 is 0. The molecule has 0 aliphatic carbocycles. The van der Waals surface area contributed by atoms with Gasteiger partial charge in [0.1, 0.15) is 6.04 Å². The van der Waals surface area contributed by atoms with E-state index in [2.05, 4.69) is 12.2 Å². The summed E-state index contributed by atoms with van der Waals surface area (Å²) in [6, 6.07) is -0.727. The van der Waals surface area contributed by atoms with Crippen molar-refractivity contribution >= 4 is 17.8 Å². The average molecular weight is 312 g/mol. The molecule has 3 unspecified atom stereocenters. The van der Waals surface area contributed by atoms with E-state index in [9.17, 15) is 14.4 Å². The van der Waals surface area contributed by atoms with Crippen LogP contribution in [0.15, 0.2) is 0 Å². The van der Waals surface area contributed by atoms with Gasteiger partial charge in [-0.3, -0.25) is 9.59 Å². The van der Waals surface area contributed by atoms with Crippen LogP contribution in [0.3, 0.4) is 0 Å². The molecule has 1 heterocycles. The first kappa shape index (κ1) is 18.5. The van der Waals surface area contributed by atoms with Gasteiger partial charge in [0, 0.05) is 19.0 Å². The highest BCUT2D eigenvalue weighted by atomic mass is 16.4. The normalized spacial score (nSPS) is 20.8. The Labute approximate surface area is 132 Å². The molecule has 0 spiro atoms. The minimum absolute atomic E-state index is 0.0125. The van der Waals surface area contributed by atoms with Gasteiger partial charge < -0.3 is 15.3 Å². The Morgan fingerprint density at radius 1 is 1.32 bits per heavy atom. The van der Waals surface area contributed by atoms with E-state index in [1.54, 1.807) is 4.90 Å². The third kappa shape index (κ3) is 5.00. The quantitative estimate of drug-likeness (QED) is 0.679. The van der Waals surface area contributed by atoms with E-state index in [-0.39, 0.29) is 24.3 Å². The number of carbonyl (C=O) groups excluding carboxylic acids is 2. The van der Waals surface area contributed by atoms with Crippen LogP contribution in [0.5, 0.6) is 0 Å². The summed E-state index contributed by atoms with van der Waals surface area (Å²) in [5, 5.41) is 11.7. The molecule has 0 aromatic rings. The van der Waals surface area contributed by atoms with Crippen LogP contribution >= 0.6 is 0 Å². The number of nitrogens with zero attached hydrogens (tertiary/aromatic N) is 1. The van der Waals surface area contributed by atoms with Crippen molar-refractivity contribution in [3.8, 4) is 0 Å². The SMILES string of the molecule is CCCCC(NC(=O)C1CC(=O)N(C(C)CCC)C1)C(=O)O. The maximum Gasteiger partial charge on any atom is 0.326 e. The number of carboxylic acids is 1. The highest BCUT2D eigenvalue weighted by Gasteiger charge is 2.37. The Balaban J connectivity index is 2.59. The van der Waals surface area contributed by atoms with E-state index in [0.717, 1.165) is 25.7 Å². The van der Waals surface area contributed by atoms with Crippen molar-refractivity contribution in [1.82, 2.24) is 10.2 Å². The Morgan fingerprint density at radius 3 is 2.55 bits per heavy atom. The van der Waals surface area contributed by atoms with Crippen molar-refractivity contribution in [3.05, 3.63) is 0 Å². The molecule has 22 heavy (non-hydrogen) atoms. The van der Waals surface area contributed by atoms with Crippen LogP contribution in [0, 0.1) is 5.92 Å². The number of amides is 2. The minimum atomic E-state index is -1.01. The predicted octanol–water partition coefficient (Wildman–Crippen LogP) is 1.78. The van der Waals surface area contributed by atoms with E-state index in [4.69, 9.17) is 5.11 Å². The van der Waals surface area contributed by atoms with Crippen molar-refractivity contribution in [2.24, 2.45) is 5.92 Å². The average Bonchev–Trinajstić information content (AvgIpc) is 2.85. The lowest BCUT2D eigenvalue weighted by molar-refractivity contribution is -0.142. The highest BCUT2D eigenvalue weighted by molar-refractivity contribution is 5.91. The first-order chi connectivity index (χ1) is 10.4. The first-order valence-electron chi connectivity index (χ1n) is 8.23. The number of hydrogen-bond donors (Lipinski definition) is 2. The third-order valence-corrected chi connectivity index (χ3v) is 4.23. The van der Waals surface area contributed by atoms with Crippen molar-refractivity contribution in [2.45, 2.75) is 71.4 Å². The first-order valence-corrected chi connectivity index (χ1v) is 8.23. The van der Waals surface area contributed by atoms with E-state index in [0.29, 0.717) is 13.0 Å². The maximum atomic E-state index is 12.2. The summed E-state index contributed by atoms with van der Waals surface area (Å²) in [7, 11) is 0. The van der Waals surface area contributed by atoms with Crippen LogP contribution in [-0.2, 0) is 14.4 Å². The van der Waals surface area contributed by atoms with Crippen LogP contribution in [0.2, 0.25) is 0 Å². The van der Waals surface area contributed by atoms with Gasteiger partial charge in [-0.2, -0.15) is 0 Å². The van der Waals surface area contributed by atoms with Crippen LogP contribution in [0.1, 0.15) is 59.3 Å². The number of carbonyl (C=O) groups is 3. The smallest absolute Gasteiger partial charge is 0.326 e. The zero-order valence-electron chi connectivity index (χ0n) is 13.8. The minimum Gasteiger partial charge on any atom is -0.480 e. The predicted molar refractivity (Wildman–Crippen MR) is 83.3 cm³/mol. The molecule has 6 nitrogen and oxygen atoms in total. The number of nitrogens with one attached hydrogen (secondary N) is 1. The second kappa shape index (κ2) is 8.76. The lowest BCUT2D eigenvalue weighted by atomic mass is 10.1. The number of hydrogen-bond acceptors (Lipinski definition) is 3. The molecule has 0 aromatic heterocycles. The van der Waals surface area contributed by atoms with Crippen molar-refractivity contribution in [2.75, 3.05) is 6.54 Å². The molecule has 1 aliphatic rings. The third-order valence-electron chi connectivity index (χ3n) is 4.23. The Morgan fingerprint density at radius 2 is 2.00 bits per heavy atom. The van der Waals surface area contributed by atoms with Crippen molar-refractivity contribution < 1.29 is 19.5 Å². The van der Waals surface area contributed by atoms with Crippen LogP contribution in [-0.4, -0.2) is 46.4 Å². The van der Waals surface area contributed by atoms with Gasteiger partial charge in [0.25, 0.3) is 0 Å². The molecule has 2 amide bonds. The molecule has 0 aromatic carbocycles. The zero-order valence-corrected chi connectivity index (χ0v) is 13.8. The summed E-state index contributed by atoms with van der Waals surface area (Å²) in [5.74, 6) is -1.78. The van der Waals surface area contributed by atoms with E-state index in [1.807, 2.05) is 13.8 Å². The molecule has 1 saturated heterocycles. The van der Waals surface area contributed by atoms with Gasteiger partial charge in [-0.15, -0.1) is 0 Å². The number of unbranched alkanes of at least 4 members (excludes halogenated alkanes) is 1. The summed E-state index contributed by atoms with van der Waals surface area (Å²) in [6.45, 7) is 6.42. The van der Waals surface area contributed by atoms with Gasteiger partial charge in [-0.25, -0.2) is 4.79 Å². The lowest BCUT2D eigenvalue weighted by Crippen LogP contribution is -2.44. The monoisotopic (exact) mass is 312 g/mol. The van der Waals surface area contributed by atoms with Crippen molar-refractivity contribution in [1.29, 1.82) is 0 Å². The molecule has 0 bridgehead atoms. The van der Waals surface area contributed by atoms with Crippen LogP contribution in [0.25, 0.3) is 0 Å². The second-order valence-electron chi connectivity index (χ2n) is 6.13. The summed E-state index contributed by atoms with van der Waals surface area (Å²) in [4.78, 5) is 37.2. The molecule has 3 atom stereocenters. The lowest BCUT2D eigenvalue weighted by Gasteiger charge is -2.24. The molecule has 6 heteroatoms. The van der Waals surface area contributed by atoms with Crippen LogP contribution < -0.4 is 5.32 Å². The Bertz CT molecular complexity index is 411. The fraction of sp³-hybridized carbons (Fsp3) is 0.812. The molecule has 1 rings (SSSR count). The van der Waals surface area contributed by atoms with Crippen molar-refractivity contribution in [3.63, 3.8) is 0 Å². The van der Waals surface area contributed by atoms with E-state index >= 15 is 0 Å². The molecule has 126 valence electrons. The summed E-state index contributed by atoms with van der Waals surface area (Å²) in [6.07, 6.45) is 4.13. The number of aliphatic carboxylic acids is 1. The largest absolute Gasteiger partial charge is 0.480 e. The highest BCUT2D eigenvalue weighted by Crippen LogP contribution is 2.22. The van der Waals surface area contributed by atoms with Gasteiger partial charge in [0.15, 0.2) is 0 Å². The molecular formula is C16H28N2O4. The molecule has 2 N–H and O–H groups in total. The fourth-order valence-electron chi connectivity index (χ4n) is 2.86. The summed E-state index contributed by atoms with van der Waals surface area (Å²) in [5.41, 5.74) is 0. The van der Waals surface area contributed by atoms with E-state index in [1.165, 1.54) is 0 Å². The summed E-state index contributed by atoms with van der Waals surface area (Å²) < 4.78 is 0. The van der Waals surface area contributed by atoms with E-state index < -0.39 is 17.9 Å². The van der Waals surface area contributed by atoms with Gasteiger partial charge >= 0.3 is 5.97 Å².